The van der Waals surface area contributed by atoms with Crippen LogP contribution in [0.15, 0.2) is 18.2 Å². The number of aromatic nitrogens is 2. The molecule has 0 bridgehead atoms. The van der Waals surface area contributed by atoms with Crippen LogP contribution in [-0.4, -0.2) is 51.2 Å². The molecule has 2 saturated carbocycles. The molecule has 4 atom stereocenters. The number of carbonyl (C=O) groups excluding carboxylic acids is 1. The highest BCUT2D eigenvalue weighted by Crippen LogP contribution is 2.55. The quantitative estimate of drug-likeness (QED) is 0.111. The van der Waals surface area contributed by atoms with Gasteiger partial charge in [0.15, 0.2) is 0 Å². The molecule has 0 spiro atoms. The number of alkyl halides is 5. The average molecular weight is 707 g/mol. The van der Waals surface area contributed by atoms with Crippen molar-refractivity contribution in [3.8, 4) is 0 Å². The highest BCUT2D eigenvalue weighted by molar-refractivity contribution is 7.84. The van der Waals surface area contributed by atoms with Crippen molar-refractivity contribution in [2.75, 3.05) is 6.61 Å². The van der Waals surface area contributed by atoms with Gasteiger partial charge < -0.3 is 15.0 Å². The van der Waals surface area contributed by atoms with Crippen molar-refractivity contribution in [2.45, 2.75) is 128 Å². The van der Waals surface area contributed by atoms with Crippen molar-refractivity contribution < 1.29 is 35.7 Å². The predicted octanol–water partition coefficient (Wildman–Crippen LogP) is 8.06. The lowest BCUT2D eigenvalue weighted by Crippen LogP contribution is -2.46. The summed E-state index contributed by atoms with van der Waals surface area (Å²) in [6.07, 6.45) is -4.05. The van der Waals surface area contributed by atoms with Crippen LogP contribution in [0.5, 0.6) is 0 Å². The van der Waals surface area contributed by atoms with Crippen LogP contribution in [0, 0.1) is 23.2 Å². The maximum absolute atomic E-state index is 14.2. The molecule has 0 saturated heterocycles. The van der Waals surface area contributed by atoms with Gasteiger partial charge in [-0.2, -0.15) is 13.2 Å². The van der Waals surface area contributed by atoms with Gasteiger partial charge >= 0.3 is 6.18 Å². The van der Waals surface area contributed by atoms with Crippen molar-refractivity contribution in [1.82, 2.24) is 14.3 Å². The van der Waals surface area contributed by atoms with Crippen LogP contribution < -0.4 is 10.5 Å². The maximum atomic E-state index is 14.2. The number of hydrogen-bond acceptors (Lipinski definition) is 4. The first-order valence-electron chi connectivity index (χ1n) is 16.4. The average Bonchev–Trinajstić information content (AvgIpc) is 3.66. The van der Waals surface area contributed by atoms with E-state index in [9.17, 15) is 31.0 Å². The molecule has 1 aromatic carbocycles. The van der Waals surface area contributed by atoms with E-state index in [0.717, 1.165) is 38.3 Å². The van der Waals surface area contributed by atoms with Gasteiger partial charge in [-0.05, 0) is 81.5 Å². The normalized spacial score (nSPS) is 20.5. The molecule has 2 aromatic rings. The van der Waals surface area contributed by atoms with Gasteiger partial charge in [0.1, 0.15) is 12.6 Å². The fraction of sp³-hybridized carbons (Fsp3) is 0.758. The second kappa shape index (κ2) is 13.4. The van der Waals surface area contributed by atoms with Gasteiger partial charge in [0.2, 0.25) is 11.8 Å². The van der Waals surface area contributed by atoms with Crippen molar-refractivity contribution in [2.24, 2.45) is 28.9 Å². The number of nitrogens with one attached hydrogen (secondary N) is 1. The number of hydrogen-bond donors (Lipinski definition) is 2. The lowest BCUT2D eigenvalue weighted by Gasteiger charge is -2.42. The van der Waals surface area contributed by atoms with Crippen LogP contribution in [0.3, 0.4) is 0 Å². The van der Waals surface area contributed by atoms with Crippen LogP contribution in [-0.2, 0) is 27.2 Å². The number of imidazole rings is 1. The Hall–Kier alpha value is -1.90. The molecule has 0 radical (unpaired) electrons. The van der Waals surface area contributed by atoms with Gasteiger partial charge in [-0.15, -0.1) is 0 Å². The summed E-state index contributed by atoms with van der Waals surface area (Å²) < 4.78 is 93.8. The summed E-state index contributed by atoms with van der Waals surface area (Å²) in [6.45, 7) is 14.6. The number of ether oxygens (including phenoxy) is 1. The molecule has 1 unspecified atom stereocenters. The smallest absolute Gasteiger partial charge is 0.369 e. The first kappa shape index (κ1) is 37.9. The number of benzene rings is 1. The third-order valence-corrected chi connectivity index (χ3v) is 12.8. The molecule has 3 N–H and O–H groups in total. The SMILES string of the molecule is CC(C)(C)[S@@](=O)N[C@@H](CC(C)(C)C(F)(F)F)c1nc2cc([C@H](C3CC3)C(C(N)=O)C3CC(F)(F)C3)ccc2n1COCC[Si](C)(C)C. The third kappa shape index (κ3) is 9.21. The van der Waals surface area contributed by atoms with Crippen LogP contribution in [0.4, 0.5) is 22.0 Å². The molecule has 47 heavy (non-hydrogen) atoms. The maximum Gasteiger partial charge on any atom is 0.394 e. The summed E-state index contributed by atoms with van der Waals surface area (Å²) in [5, 5.41) is 0. The molecular formula is C33H51F5N4O3SSi. The van der Waals surface area contributed by atoms with Gasteiger partial charge in [-0.3, -0.25) is 4.79 Å². The van der Waals surface area contributed by atoms with E-state index >= 15 is 0 Å². The van der Waals surface area contributed by atoms with Gasteiger partial charge in [-0.1, -0.05) is 39.6 Å². The molecule has 14 heteroatoms. The molecule has 0 aliphatic heterocycles. The van der Waals surface area contributed by atoms with Gasteiger partial charge in [-0.25, -0.2) is 22.7 Å². The standard InChI is InChI=1S/C33H51F5N4O3SSi/c1-30(2,3)46(44)41-24(18-31(4,5)33(36,37)38)29-40-23-15-21(11-12-25(23)42(29)19-45-13-14-47(6,7)8)26(20-9-10-20)27(28(39)43)22-16-32(34,35)17-22/h11-12,15,20,22,24,26-27,41H,9-10,13-14,16-19H2,1-8H3,(H2,39,43)/t24-,26-,27?,46+/m0/s1. The fourth-order valence-corrected chi connectivity index (χ4v) is 7.88. The van der Waals surface area contributed by atoms with E-state index in [0.29, 0.717) is 17.6 Å². The summed E-state index contributed by atoms with van der Waals surface area (Å²) in [5.74, 6) is -4.70. The Labute approximate surface area is 278 Å². The largest absolute Gasteiger partial charge is 0.394 e. The number of nitrogens with two attached hydrogens (primary N) is 1. The zero-order valence-corrected chi connectivity index (χ0v) is 30.6. The van der Waals surface area contributed by atoms with Gasteiger partial charge in [0.05, 0.1) is 38.2 Å². The van der Waals surface area contributed by atoms with E-state index < -0.39 is 71.5 Å². The molecule has 2 aliphatic carbocycles. The Morgan fingerprint density at radius 2 is 1.74 bits per heavy atom. The molecule has 266 valence electrons. The minimum absolute atomic E-state index is 0.0234. The minimum Gasteiger partial charge on any atom is -0.369 e. The summed E-state index contributed by atoms with van der Waals surface area (Å²) >= 11 is 0. The first-order chi connectivity index (χ1) is 21.4. The van der Waals surface area contributed by atoms with Crippen molar-refractivity contribution in [1.29, 1.82) is 0 Å². The molecule has 2 fully saturated rings. The van der Waals surface area contributed by atoms with Gasteiger partial charge in [0.25, 0.3) is 0 Å². The number of primary amides is 1. The van der Waals surface area contributed by atoms with Crippen molar-refractivity contribution in [3.05, 3.63) is 29.6 Å². The zero-order chi connectivity index (χ0) is 35.3. The minimum atomic E-state index is -4.53. The molecular weight excluding hydrogens is 656 g/mol. The molecule has 4 rings (SSSR count). The molecule has 2 aliphatic rings. The monoisotopic (exact) mass is 706 g/mol. The molecule has 7 nitrogen and oxygen atoms in total. The molecule has 1 heterocycles. The third-order valence-electron chi connectivity index (χ3n) is 9.48. The summed E-state index contributed by atoms with van der Waals surface area (Å²) in [5.41, 5.74) is 5.53. The molecule has 1 amide bonds. The van der Waals surface area contributed by atoms with E-state index in [4.69, 9.17) is 15.5 Å². The Bertz CT molecular complexity index is 1450. The Morgan fingerprint density at radius 1 is 1.13 bits per heavy atom. The van der Waals surface area contributed by atoms with Crippen LogP contribution in [0.1, 0.15) is 90.1 Å². The lowest BCUT2D eigenvalue weighted by atomic mass is 9.65. The first-order valence-corrected chi connectivity index (χ1v) is 21.3. The Balaban J connectivity index is 1.81. The number of rotatable bonds is 15. The number of nitrogens with zero attached hydrogens (tertiary/aromatic N) is 2. The number of fused-ring (bicyclic) bond motifs is 1. The summed E-state index contributed by atoms with van der Waals surface area (Å²) in [6, 6.07) is 5.28. The topological polar surface area (TPSA) is 99.2 Å². The van der Waals surface area contributed by atoms with Crippen molar-refractivity contribution >= 4 is 36.0 Å². The second-order valence-corrected chi connectivity index (χ2v) is 24.1. The summed E-state index contributed by atoms with van der Waals surface area (Å²) in [4.78, 5) is 17.6. The highest BCUT2D eigenvalue weighted by atomic mass is 32.2. The second-order valence-electron chi connectivity index (χ2n) is 16.4. The lowest BCUT2D eigenvalue weighted by molar-refractivity contribution is -0.215. The van der Waals surface area contributed by atoms with Crippen LogP contribution >= 0.6 is 0 Å². The van der Waals surface area contributed by atoms with E-state index in [-0.39, 0.29) is 37.2 Å². The number of carbonyl (C=O) groups is 1. The van der Waals surface area contributed by atoms with E-state index in [1.165, 1.54) is 0 Å². The van der Waals surface area contributed by atoms with Crippen LogP contribution in [0.2, 0.25) is 25.7 Å². The van der Waals surface area contributed by atoms with E-state index in [2.05, 4.69) is 24.4 Å². The van der Waals surface area contributed by atoms with Gasteiger partial charge in [0, 0.05) is 33.4 Å². The van der Waals surface area contributed by atoms with E-state index in [1.807, 2.05) is 6.07 Å². The number of halogens is 5. The Morgan fingerprint density at radius 3 is 2.23 bits per heavy atom. The molecule has 1 aromatic heterocycles. The Kier molecular flexibility index (Phi) is 10.8. The zero-order valence-electron chi connectivity index (χ0n) is 28.8. The summed E-state index contributed by atoms with van der Waals surface area (Å²) in [7, 11) is -3.16. The number of amides is 1. The predicted molar refractivity (Wildman–Crippen MR) is 178 cm³/mol. The van der Waals surface area contributed by atoms with Crippen molar-refractivity contribution in [3.63, 3.8) is 0 Å². The fourth-order valence-electron chi connectivity index (χ4n) is 6.32. The van der Waals surface area contributed by atoms with Crippen LogP contribution in [0.25, 0.3) is 11.0 Å². The van der Waals surface area contributed by atoms with E-state index in [1.54, 1.807) is 37.5 Å². The highest BCUT2D eigenvalue weighted by Gasteiger charge is 2.54.